The molecule has 2 aromatic rings. The molecule has 1 saturated heterocycles. The number of carbonyl (C=O) groups is 1. The molecule has 4 N–H and O–H groups in total. The van der Waals surface area contributed by atoms with Crippen LogP contribution in [0.15, 0.2) is 53.5 Å². The zero-order valence-electron chi connectivity index (χ0n) is 16.8. The molecule has 0 aromatic heterocycles. The molecule has 160 valence electrons. The van der Waals surface area contributed by atoms with Crippen LogP contribution in [0.4, 0.5) is 4.39 Å². The quantitative estimate of drug-likeness (QED) is 0.415. The summed E-state index contributed by atoms with van der Waals surface area (Å²) in [6.45, 7) is 2.36. The van der Waals surface area contributed by atoms with Crippen molar-refractivity contribution in [2.45, 2.75) is 31.6 Å². The maximum Gasteiger partial charge on any atom is 0.257 e. The highest BCUT2D eigenvalue weighted by atomic mass is 35.5. The van der Waals surface area contributed by atoms with Crippen LogP contribution in [0.2, 0.25) is 5.02 Å². The van der Waals surface area contributed by atoms with Crippen molar-refractivity contribution >= 4 is 23.5 Å². The van der Waals surface area contributed by atoms with E-state index in [4.69, 9.17) is 16.3 Å². The summed E-state index contributed by atoms with van der Waals surface area (Å²) in [5.74, 6) is -0.474. The fourth-order valence-electron chi connectivity index (χ4n) is 3.10. The summed E-state index contributed by atoms with van der Waals surface area (Å²) < 4.78 is 18.3. The van der Waals surface area contributed by atoms with E-state index in [0.717, 1.165) is 5.56 Å². The van der Waals surface area contributed by atoms with E-state index >= 15 is 0 Å². The molecule has 1 aliphatic heterocycles. The molecule has 0 bridgehead atoms. The first-order chi connectivity index (χ1) is 14.4. The van der Waals surface area contributed by atoms with Gasteiger partial charge in [0.25, 0.3) is 5.91 Å². The van der Waals surface area contributed by atoms with Crippen LogP contribution in [-0.2, 0) is 4.74 Å². The Morgan fingerprint density at radius 3 is 2.60 bits per heavy atom. The Bertz CT molecular complexity index is 876. The van der Waals surface area contributed by atoms with Crippen LogP contribution < -0.4 is 21.5 Å². The minimum atomic E-state index is -0.401. The number of ether oxygens (including phenoxy) is 1. The second-order valence-corrected chi connectivity index (χ2v) is 7.52. The van der Waals surface area contributed by atoms with E-state index in [1.165, 1.54) is 24.3 Å². The molecule has 1 fully saturated rings. The molecule has 0 spiro atoms. The predicted octanol–water partition coefficient (Wildman–Crippen LogP) is 2.75. The molecule has 3 rings (SSSR count). The van der Waals surface area contributed by atoms with Gasteiger partial charge in [0, 0.05) is 36.2 Å². The largest absolute Gasteiger partial charge is 0.383 e. The molecule has 2 unspecified atom stereocenters. The minimum Gasteiger partial charge on any atom is -0.383 e. The average Bonchev–Trinajstić information content (AvgIpc) is 3.17. The Morgan fingerprint density at radius 2 is 1.93 bits per heavy atom. The van der Waals surface area contributed by atoms with Crippen LogP contribution in [0.3, 0.4) is 0 Å². The molecule has 1 amide bonds. The summed E-state index contributed by atoms with van der Waals surface area (Å²) in [5.41, 5.74) is 7.76. The summed E-state index contributed by atoms with van der Waals surface area (Å²) in [6, 6.07) is 12.9. The van der Waals surface area contributed by atoms with Gasteiger partial charge in [-0.15, -0.1) is 0 Å². The number of nitrogens with one attached hydrogen (secondary N) is 4. The topological polar surface area (TPSA) is 86.8 Å². The number of hydrazine groups is 1. The molecule has 0 radical (unpaired) electrons. The third-order valence-corrected chi connectivity index (χ3v) is 4.83. The second kappa shape index (κ2) is 10.5. The van der Waals surface area contributed by atoms with E-state index in [1.807, 2.05) is 31.2 Å². The standard InChI is InChI=1S/C21H25ClFN5O2/c1-13(12-30-2)24-21(26-20(29)15-5-9-17(23)10-6-15)25-19-11-18(27-28-19)14-3-7-16(22)8-4-14/h3-10,13,18-19,27-28H,11-12H2,1-2H3,(H2,24,25,26,29)/t13-,18?,19?/m0/s1. The molecule has 30 heavy (non-hydrogen) atoms. The summed E-state index contributed by atoms with van der Waals surface area (Å²) >= 11 is 5.96. The second-order valence-electron chi connectivity index (χ2n) is 7.08. The van der Waals surface area contributed by atoms with Crippen LogP contribution in [0.5, 0.6) is 0 Å². The maximum absolute atomic E-state index is 13.1. The number of methoxy groups -OCH3 is 1. The molecular weight excluding hydrogens is 409 g/mol. The first-order valence-electron chi connectivity index (χ1n) is 9.61. The number of halogens is 2. The van der Waals surface area contributed by atoms with E-state index in [1.54, 1.807) is 7.11 Å². The normalized spacial score (nSPS) is 20.1. The monoisotopic (exact) mass is 433 g/mol. The molecule has 3 atom stereocenters. The van der Waals surface area contributed by atoms with Gasteiger partial charge in [0.15, 0.2) is 5.96 Å². The van der Waals surface area contributed by atoms with Gasteiger partial charge in [0.2, 0.25) is 0 Å². The Hall–Kier alpha value is -2.52. The molecule has 1 heterocycles. The molecular formula is C21H25ClFN5O2. The van der Waals surface area contributed by atoms with Gasteiger partial charge in [-0.25, -0.2) is 20.2 Å². The smallest absolute Gasteiger partial charge is 0.257 e. The van der Waals surface area contributed by atoms with Gasteiger partial charge >= 0.3 is 0 Å². The van der Waals surface area contributed by atoms with E-state index in [9.17, 15) is 9.18 Å². The van der Waals surface area contributed by atoms with Gasteiger partial charge in [-0.05, 0) is 48.9 Å². The summed E-state index contributed by atoms with van der Waals surface area (Å²) in [4.78, 5) is 17.2. The molecule has 9 heteroatoms. The third kappa shape index (κ3) is 6.24. The van der Waals surface area contributed by atoms with Crippen molar-refractivity contribution in [3.8, 4) is 0 Å². The number of hydrogen-bond acceptors (Lipinski definition) is 5. The maximum atomic E-state index is 13.1. The van der Waals surface area contributed by atoms with Gasteiger partial charge in [-0.1, -0.05) is 23.7 Å². The van der Waals surface area contributed by atoms with E-state index in [2.05, 4.69) is 26.5 Å². The van der Waals surface area contributed by atoms with Crippen LogP contribution in [0.25, 0.3) is 0 Å². The van der Waals surface area contributed by atoms with E-state index < -0.39 is 5.82 Å². The summed E-state index contributed by atoms with van der Waals surface area (Å²) in [5, 5.41) is 6.60. The van der Waals surface area contributed by atoms with Gasteiger partial charge < -0.3 is 10.1 Å². The van der Waals surface area contributed by atoms with Gasteiger partial charge in [0.1, 0.15) is 12.0 Å². The SMILES string of the molecule is COC[C@H](C)NC(=NC1CC(c2ccc(Cl)cc2)NN1)NC(=O)c1ccc(F)cc1. The number of benzene rings is 2. The Balaban J connectivity index is 1.70. The van der Waals surface area contributed by atoms with Gasteiger partial charge in [-0.2, -0.15) is 0 Å². The number of hydrogen-bond donors (Lipinski definition) is 4. The zero-order valence-corrected chi connectivity index (χ0v) is 17.5. The molecule has 0 saturated carbocycles. The summed E-state index contributed by atoms with van der Waals surface area (Å²) in [7, 11) is 1.60. The molecule has 2 aromatic carbocycles. The number of amides is 1. The van der Waals surface area contributed by atoms with Crippen molar-refractivity contribution in [1.29, 1.82) is 0 Å². The van der Waals surface area contributed by atoms with Crippen molar-refractivity contribution in [3.05, 3.63) is 70.5 Å². The van der Waals surface area contributed by atoms with Crippen molar-refractivity contribution < 1.29 is 13.9 Å². The molecule has 7 nitrogen and oxygen atoms in total. The Morgan fingerprint density at radius 1 is 1.23 bits per heavy atom. The van der Waals surface area contributed by atoms with E-state index in [-0.39, 0.29) is 24.2 Å². The lowest BCUT2D eigenvalue weighted by molar-refractivity contribution is 0.0974. The number of carbonyl (C=O) groups excluding carboxylic acids is 1. The Labute approximate surface area is 180 Å². The van der Waals surface area contributed by atoms with Crippen molar-refractivity contribution in [2.24, 2.45) is 4.99 Å². The first kappa shape index (κ1) is 22.2. The highest BCUT2D eigenvalue weighted by molar-refractivity contribution is 6.30. The average molecular weight is 434 g/mol. The fourth-order valence-corrected chi connectivity index (χ4v) is 3.23. The van der Waals surface area contributed by atoms with Crippen molar-refractivity contribution in [1.82, 2.24) is 21.5 Å². The first-order valence-corrected chi connectivity index (χ1v) is 9.99. The van der Waals surface area contributed by atoms with Crippen molar-refractivity contribution in [2.75, 3.05) is 13.7 Å². The van der Waals surface area contributed by atoms with E-state index in [0.29, 0.717) is 29.6 Å². The zero-order chi connectivity index (χ0) is 21.5. The number of aliphatic imine (C=N–C) groups is 1. The third-order valence-electron chi connectivity index (χ3n) is 4.58. The number of rotatable bonds is 6. The summed E-state index contributed by atoms with van der Waals surface area (Å²) in [6.07, 6.45) is 0.411. The highest BCUT2D eigenvalue weighted by Gasteiger charge is 2.25. The minimum absolute atomic E-state index is 0.0569. The van der Waals surface area contributed by atoms with Crippen LogP contribution in [0, 0.1) is 5.82 Å². The number of guanidine groups is 1. The van der Waals surface area contributed by atoms with Crippen LogP contribution in [-0.4, -0.2) is 37.8 Å². The van der Waals surface area contributed by atoms with Crippen LogP contribution >= 0.6 is 11.6 Å². The number of nitrogens with zero attached hydrogens (tertiary/aromatic N) is 1. The highest BCUT2D eigenvalue weighted by Crippen LogP contribution is 2.24. The predicted molar refractivity (Wildman–Crippen MR) is 115 cm³/mol. The fraction of sp³-hybridized carbons (Fsp3) is 0.333. The Kier molecular flexibility index (Phi) is 7.75. The lowest BCUT2D eigenvalue weighted by Gasteiger charge is -2.18. The van der Waals surface area contributed by atoms with Crippen molar-refractivity contribution in [3.63, 3.8) is 0 Å². The van der Waals surface area contributed by atoms with Gasteiger partial charge in [0.05, 0.1) is 6.61 Å². The lowest BCUT2D eigenvalue weighted by atomic mass is 10.0. The van der Waals surface area contributed by atoms with Crippen LogP contribution in [0.1, 0.15) is 35.3 Å². The molecule has 1 aliphatic rings. The molecule has 0 aliphatic carbocycles. The van der Waals surface area contributed by atoms with Gasteiger partial charge in [-0.3, -0.25) is 10.1 Å². The lowest BCUT2D eigenvalue weighted by Crippen LogP contribution is -2.47.